The molecule has 0 spiro atoms. The van der Waals surface area contributed by atoms with Gasteiger partial charge in [0.05, 0.1) is 32.4 Å². The van der Waals surface area contributed by atoms with E-state index in [2.05, 4.69) is 20.3 Å². The maximum atomic E-state index is 12.7. The van der Waals surface area contributed by atoms with Gasteiger partial charge in [0.25, 0.3) is 5.91 Å². The number of hydrogen-bond acceptors (Lipinski definition) is 9. The van der Waals surface area contributed by atoms with E-state index in [0.717, 1.165) is 10.9 Å². The van der Waals surface area contributed by atoms with E-state index in [1.165, 1.54) is 18.5 Å². The molecule has 0 atom stereocenters. The maximum absolute atomic E-state index is 12.7. The Hall–Kier alpha value is -4.77. The summed E-state index contributed by atoms with van der Waals surface area (Å²) in [7, 11) is 1.55. The molecular weight excluding hydrogens is 488 g/mol. The van der Waals surface area contributed by atoms with Gasteiger partial charge in [-0.25, -0.2) is 15.0 Å². The van der Waals surface area contributed by atoms with Gasteiger partial charge in [0, 0.05) is 48.7 Å². The topological polar surface area (TPSA) is 146 Å². The summed E-state index contributed by atoms with van der Waals surface area (Å²) in [6, 6.07) is 8.91. The van der Waals surface area contributed by atoms with Crippen molar-refractivity contribution in [3.8, 4) is 17.1 Å². The number of carbonyl (C=O) groups is 2. The lowest BCUT2D eigenvalue weighted by Crippen LogP contribution is -2.40. The number of benzene rings is 1. The van der Waals surface area contributed by atoms with E-state index >= 15 is 0 Å². The zero-order valence-electron chi connectivity index (χ0n) is 20.7. The van der Waals surface area contributed by atoms with E-state index in [9.17, 15) is 9.59 Å². The van der Waals surface area contributed by atoms with Crippen molar-refractivity contribution in [2.75, 3.05) is 39.1 Å². The average molecular weight is 515 g/mol. The molecule has 1 aliphatic heterocycles. The van der Waals surface area contributed by atoms with Crippen LogP contribution in [0.2, 0.25) is 0 Å². The first-order chi connectivity index (χ1) is 18.5. The molecule has 3 aromatic heterocycles. The molecule has 0 bridgehead atoms. The number of carbonyl (C=O) groups excluding carboxylic acids is 2. The predicted octanol–water partition coefficient (Wildman–Crippen LogP) is 2.68. The van der Waals surface area contributed by atoms with Gasteiger partial charge in [-0.1, -0.05) is 0 Å². The van der Waals surface area contributed by atoms with Gasteiger partial charge >= 0.3 is 0 Å². The van der Waals surface area contributed by atoms with Gasteiger partial charge in [-0.3, -0.25) is 9.59 Å². The molecule has 11 heteroatoms. The van der Waals surface area contributed by atoms with Crippen molar-refractivity contribution in [2.45, 2.75) is 6.54 Å². The van der Waals surface area contributed by atoms with Crippen LogP contribution in [0.3, 0.4) is 0 Å². The van der Waals surface area contributed by atoms with E-state index < -0.39 is 0 Å². The fraction of sp³-hybridized carbons (Fsp3) is 0.222. The summed E-state index contributed by atoms with van der Waals surface area (Å²) in [5.74, 6) is 1.52. The summed E-state index contributed by atoms with van der Waals surface area (Å²) in [6.45, 7) is 2.34. The highest BCUT2D eigenvalue weighted by Crippen LogP contribution is 2.33. The number of rotatable bonds is 7. The second-order valence-corrected chi connectivity index (χ2v) is 8.58. The summed E-state index contributed by atoms with van der Waals surface area (Å²) < 4.78 is 16.8. The number of furan rings is 1. The summed E-state index contributed by atoms with van der Waals surface area (Å²) in [4.78, 5) is 39.5. The third-order valence-corrected chi connectivity index (χ3v) is 5.98. The summed E-state index contributed by atoms with van der Waals surface area (Å²) >= 11 is 0. The van der Waals surface area contributed by atoms with E-state index in [1.807, 2.05) is 12.1 Å². The quantitative estimate of drug-likeness (QED) is 0.355. The van der Waals surface area contributed by atoms with Crippen LogP contribution in [-0.4, -0.2) is 65.1 Å². The van der Waals surface area contributed by atoms with Crippen molar-refractivity contribution in [3.05, 3.63) is 71.9 Å². The van der Waals surface area contributed by atoms with Gasteiger partial charge < -0.3 is 29.8 Å². The molecule has 38 heavy (non-hydrogen) atoms. The van der Waals surface area contributed by atoms with Crippen molar-refractivity contribution < 1.29 is 23.5 Å². The van der Waals surface area contributed by atoms with Gasteiger partial charge in [-0.2, -0.15) is 0 Å². The lowest BCUT2D eigenvalue weighted by Gasteiger charge is -2.26. The second-order valence-electron chi connectivity index (χ2n) is 8.58. The Balaban J connectivity index is 1.29. The molecule has 1 aromatic carbocycles. The highest BCUT2D eigenvalue weighted by molar-refractivity contribution is 5.94. The number of hydrogen-bond donors (Lipinski definition) is 2. The predicted molar refractivity (Wildman–Crippen MR) is 140 cm³/mol. The van der Waals surface area contributed by atoms with Crippen molar-refractivity contribution in [2.24, 2.45) is 0 Å². The first-order valence-corrected chi connectivity index (χ1v) is 12.0. The Kier molecular flexibility index (Phi) is 7.27. The van der Waals surface area contributed by atoms with Gasteiger partial charge in [0.2, 0.25) is 5.91 Å². The number of nitrogens with zero attached hydrogens (tertiary/aromatic N) is 4. The highest BCUT2D eigenvalue weighted by atomic mass is 16.5. The number of methoxy groups -OCH3 is 1. The lowest BCUT2D eigenvalue weighted by molar-refractivity contribution is -0.116. The number of aromatic nitrogens is 3. The zero-order valence-corrected chi connectivity index (χ0v) is 20.7. The number of nitrogen functional groups attached to an aromatic ring is 1. The molecule has 1 fully saturated rings. The minimum atomic E-state index is -0.282. The molecule has 4 heterocycles. The molecule has 1 saturated heterocycles. The Morgan fingerprint density at radius 1 is 1.11 bits per heavy atom. The average Bonchev–Trinajstić information content (AvgIpc) is 3.38. The molecule has 0 aliphatic carbocycles. The van der Waals surface area contributed by atoms with E-state index in [1.54, 1.807) is 42.5 Å². The minimum Gasteiger partial charge on any atom is -0.493 e. The van der Waals surface area contributed by atoms with Crippen LogP contribution in [0.4, 0.5) is 5.82 Å². The normalized spacial score (nSPS) is 13.7. The number of anilines is 1. The number of morpholine rings is 1. The number of nitrogens with two attached hydrogens (primary N) is 1. The highest BCUT2D eigenvalue weighted by Gasteiger charge is 2.20. The monoisotopic (exact) mass is 514 g/mol. The molecule has 4 aromatic rings. The van der Waals surface area contributed by atoms with Crippen LogP contribution in [0.1, 0.15) is 21.7 Å². The zero-order chi connectivity index (χ0) is 26.5. The third kappa shape index (κ3) is 5.62. The fourth-order valence-corrected chi connectivity index (χ4v) is 4.00. The Bertz CT molecular complexity index is 1470. The van der Waals surface area contributed by atoms with Crippen LogP contribution < -0.4 is 15.8 Å². The lowest BCUT2D eigenvalue weighted by atomic mass is 10.1. The summed E-state index contributed by atoms with van der Waals surface area (Å²) in [5.41, 5.74) is 8.01. The molecule has 0 unspecified atom stereocenters. The Morgan fingerprint density at radius 3 is 2.61 bits per heavy atom. The third-order valence-electron chi connectivity index (χ3n) is 5.98. The Morgan fingerprint density at radius 2 is 1.89 bits per heavy atom. The van der Waals surface area contributed by atoms with E-state index in [0.29, 0.717) is 66.2 Å². The smallest absolute Gasteiger partial charge is 0.257 e. The van der Waals surface area contributed by atoms with Crippen molar-refractivity contribution in [1.29, 1.82) is 0 Å². The van der Waals surface area contributed by atoms with Crippen molar-refractivity contribution >= 4 is 34.7 Å². The minimum absolute atomic E-state index is 0.116. The molecule has 0 radical (unpaired) electrons. The molecule has 5 rings (SSSR count). The SMILES string of the molecule is COc1cc(-c2ncc(C(=O)N3CCOCC3)cn2)cc2cc(CNC(=O)C=Cc3ccc(N)nc3)oc12. The molecule has 11 nitrogen and oxygen atoms in total. The number of fused-ring (bicyclic) bond motifs is 1. The van der Waals surface area contributed by atoms with Gasteiger partial charge in [-0.05, 0) is 42.0 Å². The standard InChI is InChI=1S/C27H26N6O5/c1-36-22-12-19(26-31-14-20(15-32-26)27(35)33-6-8-37-9-7-33)10-18-11-21(38-25(18)22)16-30-24(34)5-3-17-2-4-23(28)29-13-17/h2-5,10-15H,6-9,16H2,1H3,(H2,28,29)(H,30,34). The molecule has 2 amide bonds. The number of ether oxygens (including phenoxy) is 2. The second kappa shape index (κ2) is 11.1. The largest absolute Gasteiger partial charge is 0.493 e. The van der Waals surface area contributed by atoms with Gasteiger partial charge in [-0.15, -0.1) is 0 Å². The number of amides is 2. The van der Waals surface area contributed by atoms with E-state index in [-0.39, 0.29) is 18.4 Å². The number of pyridine rings is 1. The van der Waals surface area contributed by atoms with Crippen LogP contribution in [0.15, 0.2) is 59.4 Å². The molecule has 194 valence electrons. The number of nitrogens with one attached hydrogen (secondary N) is 1. The first-order valence-electron chi connectivity index (χ1n) is 12.0. The van der Waals surface area contributed by atoms with Gasteiger partial charge in [0.15, 0.2) is 17.2 Å². The van der Waals surface area contributed by atoms with Crippen LogP contribution in [-0.2, 0) is 16.1 Å². The molecule has 3 N–H and O–H groups in total. The fourth-order valence-electron chi connectivity index (χ4n) is 4.00. The van der Waals surface area contributed by atoms with Crippen LogP contribution in [0.25, 0.3) is 28.4 Å². The molecule has 0 saturated carbocycles. The summed E-state index contributed by atoms with van der Waals surface area (Å²) in [5, 5.41) is 3.56. The summed E-state index contributed by atoms with van der Waals surface area (Å²) in [6.07, 6.45) is 7.71. The van der Waals surface area contributed by atoms with Crippen LogP contribution >= 0.6 is 0 Å². The first kappa shape index (κ1) is 24.9. The van der Waals surface area contributed by atoms with E-state index in [4.69, 9.17) is 19.6 Å². The Labute approximate surface area is 218 Å². The molecule has 1 aliphatic rings. The van der Waals surface area contributed by atoms with Crippen LogP contribution in [0, 0.1) is 0 Å². The maximum Gasteiger partial charge on any atom is 0.257 e. The van der Waals surface area contributed by atoms with Gasteiger partial charge in [0.1, 0.15) is 11.6 Å². The van der Waals surface area contributed by atoms with Crippen LogP contribution in [0.5, 0.6) is 5.75 Å². The molecular formula is C27H26N6O5. The van der Waals surface area contributed by atoms with Crippen molar-refractivity contribution in [1.82, 2.24) is 25.2 Å². The van der Waals surface area contributed by atoms with Crippen molar-refractivity contribution in [3.63, 3.8) is 0 Å².